The van der Waals surface area contributed by atoms with Crippen molar-refractivity contribution in [2.45, 2.75) is 39.5 Å². The van der Waals surface area contributed by atoms with Crippen LogP contribution in [0.3, 0.4) is 0 Å². The van der Waals surface area contributed by atoms with E-state index in [1.807, 2.05) is 6.07 Å². The van der Waals surface area contributed by atoms with Crippen LogP contribution in [0.2, 0.25) is 0 Å². The Labute approximate surface area is 104 Å². The van der Waals surface area contributed by atoms with Crippen LogP contribution in [0.4, 0.5) is 11.6 Å². The van der Waals surface area contributed by atoms with Gasteiger partial charge in [-0.3, -0.25) is 0 Å². The molecular weight excluding hydrogens is 212 g/mol. The molecule has 4 heteroatoms. The fourth-order valence-corrected chi connectivity index (χ4v) is 1.62. The Bertz CT molecular complexity index is 314. The van der Waals surface area contributed by atoms with Gasteiger partial charge in [0, 0.05) is 26.2 Å². The molecule has 0 aliphatic heterocycles. The first-order chi connectivity index (χ1) is 8.27. The first-order valence-electron chi connectivity index (χ1n) is 6.55. The molecule has 0 amide bonds. The Hall–Kier alpha value is -1.32. The van der Waals surface area contributed by atoms with E-state index in [1.54, 1.807) is 6.33 Å². The predicted octanol–water partition coefficient (Wildman–Crippen LogP) is 2.92. The standard InChI is InChI=1S/C13H24N4/c1-4-6-7-9-17(3)13-10-12(14-8-5-2)15-11-16-13/h10-11H,4-9H2,1-3H3,(H,14,15,16). The van der Waals surface area contributed by atoms with Crippen LogP contribution in [0.1, 0.15) is 39.5 Å². The van der Waals surface area contributed by atoms with Crippen molar-refractivity contribution in [3.8, 4) is 0 Å². The summed E-state index contributed by atoms with van der Waals surface area (Å²) in [5.74, 6) is 1.91. The van der Waals surface area contributed by atoms with Crippen LogP contribution >= 0.6 is 0 Å². The van der Waals surface area contributed by atoms with Crippen LogP contribution < -0.4 is 10.2 Å². The molecule has 0 spiro atoms. The lowest BCUT2D eigenvalue weighted by Gasteiger charge is -2.18. The molecular formula is C13H24N4. The van der Waals surface area contributed by atoms with E-state index >= 15 is 0 Å². The molecule has 0 aliphatic rings. The maximum absolute atomic E-state index is 4.30. The summed E-state index contributed by atoms with van der Waals surface area (Å²) < 4.78 is 0. The maximum atomic E-state index is 4.30. The molecule has 1 aromatic heterocycles. The Balaban J connectivity index is 2.51. The summed E-state index contributed by atoms with van der Waals surface area (Å²) in [7, 11) is 2.08. The van der Waals surface area contributed by atoms with Crippen LogP contribution in [-0.2, 0) is 0 Å². The van der Waals surface area contributed by atoms with Gasteiger partial charge in [-0.1, -0.05) is 26.7 Å². The molecule has 0 atom stereocenters. The van der Waals surface area contributed by atoms with Gasteiger partial charge in [-0.05, 0) is 12.8 Å². The average molecular weight is 236 g/mol. The van der Waals surface area contributed by atoms with Gasteiger partial charge in [0.25, 0.3) is 0 Å². The lowest BCUT2D eigenvalue weighted by atomic mass is 10.2. The van der Waals surface area contributed by atoms with E-state index in [0.29, 0.717) is 0 Å². The fraction of sp³-hybridized carbons (Fsp3) is 0.692. The van der Waals surface area contributed by atoms with Crippen molar-refractivity contribution in [3.05, 3.63) is 12.4 Å². The average Bonchev–Trinajstić information content (AvgIpc) is 2.37. The summed E-state index contributed by atoms with van der Waals surface area (Å²) in [6.45, 7) is 6.37. The first-order valence-corrected chi connectivity index (χ1v) is 6.55. The second-order valence-corrected chi connectivity index (χ2v) is 4.32. The van der Waals surface area contributed by atoms with Crippen molar-refractivity contribution in [1.29, 1.82) is 0 Å². The molecule has 17 heavy (non-hydrogen) atoms. The molecule has 96 valence electrons. The van der Waals surface area contributed by atoms with Crippen LogP contribution in [0.25, 0.3) is 0 Å². The molecule has 0 aliphatic carbocycles. The smallest absolute Gasteiger partial charge is 0.133 e. The summed E-state index contributed by atoms with van der Waals surface area (Å²) in [6, 6.07) is 2.02. The van der Waals surface area contributed by atoms with E-state index in [1.165, 1.54) is 19.3 Å². The molecule has 1 aromatic rings. The zero-order valence-electron chi connectivity index (χ0n) is 11.2. The summed E-state index contributed by atoms with van der Waals surface area (Å²) >= 11 is 0. The molecule has 0 saturated heterocycles. The summed E-state index contributed by atoms with van der Waals surface area (Å²) in [5.41, 5.74) is 0. The normalized spacial score (nSPS) is 10.3. The van der Waals surface area contributed by atoms with Gasteiger partial charge in [0.15, 0.2) is 0 Å². The van der Waals surface area contributed by atoms with Gasteiger partial charge in [0.1, 0.15) is 18.0 Å². The molecule has 0 fully saturated rings. The van der Waals surface area contributed by atoms with Crippen molar-refractivity contribution in [2.24, 2.45) is 0 Å². The van der Waals surface area contributed by atoms with E-state index in [2.05, 4.69) is 41.1 Å². The van der Waals surface area contributed by atoms with Gasteiger partial charge in [-0.15, -0.1) is 0 Å². The van der Waals surface area contributed by atoms with Crippen LogP contribution in [-0.4, -0.2) is 30.1 Å². The molecule has 0 bridgehead atoms. The third-order valence-corrected chi connectivity index (χ3v) is 2.70. The summed E-state index contributed by atoms with van der Waals surface area (Å²) in [5, 5.41) is 3.28. The van der Waals surface area contributed by atoms with Crippen LogP contribution in [0.5, 0.6) is 0 Å². The van der Waals surface area contributed by atoms with E-state index < -0.39 is 0 Å². The molecule has 4 nitrogen and oxygen atoms in total. The van der Waals surface area contributed by atoms with Gasteiger partial charge in [-0.2, -0.15) is 0 Å². The van der Waals surface area contributed by atoms with E-state index in [4.69, 9.17) is 0 Å². The van der Waals surface area contributed by atoms with Crippen molar-refractivity contribution < 1.29 is 0 Å². The lowest BCUT2D eigenvalue weighted by molar-refractivity contribution is 0.701. The van der Waals surface area contributed by atoms with Crippen molar-refractivity contribution >= 4 is 11.6 Å². The van der Waals surface area contributed by atoms with Gasteiger partial charge in [0.2, 0.25) is 0 Å². The highest BCUT2D eigenvalue weighted by Crippen LogP contribution is 2.13. The Morgan fingerprint density at radius 2 is 2.00 bits per heavy atom. The van der Waals surface area contributed by atoms with E-state index in [-0.39, 0.29) is 0 Å². The molecule has 1 heterocycles. The minimum atomic E-state index is 0.916. The van der Waals surface area contributed by atoms with E-state index in [0.717, 1.165) is 31.1 Å². The summed E-state index contributed by atoms with van der Waals surface area (Å²) in [6.07, 6.45) is 6.47. The highest BCUT2D eigenvalue weighted by Gasteiger charge is 2.03. The van der Waals surface area contributed by atoms with Gasteiger partial charge < -0.3 is 10.2 Å². The summed E-state index contributed by atoms with van der Waals surface area (Å²) in [4.78, 5) is 10.7. The van der Waals surface area contributed by atoms with Crippen LogP contribution in [0.15, 0.2) is 12.4 Å². The zero-order valence-corrected chi connectivity index (χ0v) is 11.2. The molecule has 0 unspecified atom stereocenters. The number of hydrogen-bond acceptors (Lipinski definition) is 4. The topological polar surface area (TPSA) is 41.0 Å². The molecule has 0 aromatic carbocycles. The third kappa shape index (κ3) is 5.02. The first kappa shape index (κ1) is 13.7. The zero-order chi connectivity index (χ0) is 12.5. The highest BCUT2D eigenvalue weighted by atomic mass is 15.2. The maximum Gasteiger partial charge on any atom is 0.133 e. The second-order valence-electron chi connectivity index (χ2n) is 4.32. The Kier molecular flexibility index (Phi) is 6.37. The quantitative estimate of drug-likeness (QED) is 0.705. The van der Waals surface area contributed by atoms with Gasteiger partial charge in [0.05, 0.1) is 0 Å². The number of nitrogens with zero attached hydrogens (tertiary/aromatic N) is 3. The third-order valence-electron chi connectivity index (χ3n) is 2.70. The van der Waals surface area contributed by atoms with Gasteiger partial charge >= 0.3 is 0 Å². The fourth-order valence-electron chi connectivity index (χ4n) is 1.62. The SMILES string of the molecule is CCCCCN(C)c1cc(NCCC)ncn1. The van der Waals surface area contributed by atoms with E-state index in [9.17, 15) is 0 Å². The molecule has 0 radical (unpaired) electrons. The Morgan fingerprint density at radius 1 is 1.18 bits per heavy atom. The Morgan fingerprint density at radius 3 is 2.71 bits per heavy atom. The minimum absolute atomic E-state index is 0.916. The van der Waals surface area contributed by atoms with Crippen molar-refractivity contribution in [1.82, 2.24) is 9.97 Å². The largest absolute Gasteiger partial charge is 0.370 e. The number of aromatic nitrogens is 2. The van der Waals surface area contributed by atoms with Gasteiger partial charge in [-0.25, -0.2) is 9.97 Å². The van der Waals surface area contributed by atoms with Crippen LogP contribution in [0, 0.1) is 0 Å². The van der Waals surface area contributed by atoms with Crippen molar-refractivity contribution in [3.63, 3.8) is 0 Å². The second kappa shape index (κ2) is 7.87. The molecule has 1 rings (SSSR count). The minimum Gasteiger partial charge on any atom is -0.370 e. The predicted molar refractivity (Wildman–Crippen MR) is 73.6 cm³/mol. The van der Waals surface area contributed by atoms with Crippen molar-refractivity contribution in [2.75, 3.05) is 30.4 Å². The molecule has 0 saturated carbocycles. The number of anilines is 2. The highest BCUT2D eigenvalue weighted by molar-refractivity contribution is 5.47. The number of nitrogens with one attached hydrogen (secondary N) is 1. The number of rotatable bonds is 8. The number of hydrogen-bond donors (Lipinski definition) is 1. The molecule has 1 N–H and O–H groups in total. The monoisotopic (exact) mass is 236 g/mol. The number of unbranched alkanes of at least 4 members (excludes halogenated alkanes) is 2. The lowest BCUT2D eigenvalue weighted by Crippen LogP contribution is -2.20.